The Morgan fingerprint density at radius 3 is 2.69 bits per heavy atom. The Kier molecular flexibility index (Phi) is 1.96. The van der Waals surface area contributed by atoms with Gasteiger partial charge in [0.2, 0.25) is 0 Å². The fourth-order valence-corrected chi connectivity index (χ4v) is 3.40. The smallest absolute Gasteiger partial charge is 0.158 e. The van der Waals surface area contributed by atoms with E-state index in [-0.39, 0.29) is 11.5 Å². The van der Waals surface area contributed by atoms with Crippen LogP contribution in [0.1, 0.15) is 11.1 Å². The molecule has 1 heterocycles. The van der Waals surface area contributed by atoms with Gasteiger partial charge >= 0.3 is 0 Å². The van der Waals surface area contributed by atoms with E-state index < -0.39 is 15.7 Å². The van der Waals surface area contributed by atoms with Crippen molar-refractivity contribution in [3.05, 3.63) is 33.5 Å². The van der Waals surface area contributed by atoms with Crippen molar-refractivity contribution in [3.63, 3.8) is 0 Å². The van der Waals surface area contributed by atoms with Gasteiger partial charge in [0.05, 0.1) is 16.0 Å². The molecule has 0 N–H and O–H groups in total. The van der Waals surface area contributed by atoms with E-state index in [2.05, 4.69) is 15.9 Å². The molecule has 0 saturated heterocycles. The summed E-state index contributed by atoms with van der Waals surface area (Å²) in [7, 11) is -3.11. The first-order chi connectivity index (χ1) is 5.99. The number of hydrogen-bond acceptors (Lipinski definition) is 2. The first kappa shape index (κ1) is 9.15. The van der Waals surface area contributed by atoms with Gasteiger partial charge in [-0.1, -0.05) is 6.07 Å². The van der Waals surface area contributed by atoms with Crippen molar-refractivity contribution in [1.29, 1.82) is 0 Å². The maximum atomic E-state index is 13.3. The van der Waals surface area contributed by atoms with Gasteiger partial charge in [-0.15, -0.1) is 0 Å². The van der Waals surface area contributed by atoms with Crippen LogP contribution < -0.4 is 0 Å². The Labute approximate surface area is 83.8 Å². The lowest BCUT2D eigenvalue weighted by Gasteiger charge is -1.99. The number of benzene rings is 1. The van der Waals surface area contributed by atoms with Gasteiger partial charge in [-0.25, -0.2) is 12.8 Å². The van der Waals surface area contributed by atoms with Crippen LogP contribution in [0.2, 0.25) is 0 Å². The molecule has 2 nitrogen and oxygen atoms in total. The third-order valence-electron chi connectivity index (χ3n) is 2.03. The summed E-state index contributed by atoms with van der Waals surface area (Å²) in [5.41, 5.74) is 0.898. The number of hydrogen-bond donors (Lipinski definition) is 0. The summed E-state index contributed by atoms with van der Waals surface area (Å²) in [5, 5.41) is 0. The minimum absolute atomic E-state index is 0.0352. The topological polar surface area (TPSA) is 34.1 Å². The summed E-state index contributed by atoms with van der Waals surface area (Å²) >= 11 is 3.02. The second kappa shape index (κ2) is 2.78. The van der Waals surface area contributed by atoms with Gasteiger partial charge in [0.1, 0.15) is 5.82 Å². The minimum atomic E-state index is -3.11. The Morgan fingerprint density at radius 2 is 2.00 bits per heavy atom. The van der Waals surface area contributed by atoms with Crippen molar-refractivity contribution in [1.82, 2.24) is 0 Å². The van der Waals surface area contributed by atoms with Crippen molar-refractivity contribution in [3.8, 4) is 0 Å². The number of sulfone groups is 1. The second-order valence-corrected chi connectivity index (χ2v) is 5.95. The Hall–Kier alpha value is -0.420. The van der Waals surface area contributed by atoms with Gasteiger partial charge in [0.15, 0.2) is 9.84 Å². The quantitative estimate of drug-likeness (QED) is 0.719. The SMILES string of the molecule is O=S1(=O)Cc2ccc(Br)c(F)c2C1. The maximum Gasteiger partial charge on any atom is 0.158 e. The highest BCUT2D eigenvalue weighted by Gasteiger charge is 2.28. The molecule has 1 aliphatic heterocycles. The minimum Gasteiger partial charge on any atom is -0.228 e. The molecule has 70 valence electrons. The predicted octanol–water partition coefficient (Wildman–Crippen LogP) is 2.02. The summed E-state index contributed by atoms with van der Waals surface area (Å²) < 4.78 is 36.0. The van der Waals surface area contributed by atoms with Crippen LogP contribution >= 0.6 is 15.9 Å². The molecular formula is C8H6BrFO2S. The lowest BCUT2D eigenvalue weighted by molar-refractivity contribution is 0.592. The van der Waals surface area contributed by atoms with Gasteiger partial charge in [-0.2, -0.15) is 0 Å². The summed E-state index contributed by atoms with van der Waals surface area (Å²) in [5.74, 6) is -0.654. The summed E-state index contributed by atoms with van der Waals surface area (Å²) in [4.78, 5) is 0. The molecule has 0 saturated carbocycles. The van der Waals surface area contributed by atoms with E-state index in [4.69, 9.17) is 0 Å². The molecule has 0 amide bonds. The van der Waals surface area contributed by atoms with E-state index in [0.29, 0.717) is 15.6 Å². The lowest BCUT2D eigenvalue weighted by Crippen LogP contribution is -1.96. The molecule has 0 aliphatic carbocycles. The molecule has 0 atom stereocenters. The zero-order valence-corrected chi connectivity index (χ0v) is 8.95. The molecule has 0 radical (unpaired) electrons. The number of halogens is 2. The lowest BCUT2D eigenvalue weighted by atomic mass is 10.1. The first-order valence-electron chi connectivity index (χ1n) is 3.66. The molecular weight excluding hydrogens is 259 g/mol. The Bertz CT molecular complexity index is 467. The van der Waals surface area contributed by atoms with E-state index in [1.54, 1.807) is 6.07 Å². The van der Waals surface area contributed by atoms with Crippen LogP contribution in [0.25, 0.3) is 0 Å². The van der Waals surface area contributed by atoms with E-state index in [1.807, 2.05) is 0 Å². The van der Waals surface area contributed by atoms with E-state index in [0.717, 1.165) is 0 Å². The van der Waals surface area contributed by atoms with Gasteiger partial charge < -0.3 is 0 Å². The Morgan fingerprint density at radius 1 is 1.31 bits per heavy atom. The molecule has 0 fully saturated rings. The normalized spacial score (nSPS) is 18.6. The van der Waals surface area contributed by atoms with Crippen LogP contribution in [-0.2, 0) is 21.3 Å². The summed E-state index contributed by atoms with van der Waals surface area (Å²) in [6, 6.07) is 3.18. The first-order valence-corrected chi connectivity index (χ1v) is 6.27. The van der Waals surface area contributed by atoms with E-state index in [9.17, 15) is 12.8 Å². The highest BCUT2D eigenvalue weighted by atomic mass is 79.9. The van der Waals surface area contributed by atoms with Crippen LogP contribution in [0.5, 0.6) is 0 Å². The average molecular weight is 265 g/mol. The molecule has 0 spiro atoms. The highest BCUT2D eigenvalue weighted by molar-refractivity contribution is 9.10. The zero-order chi connectivity index (χ0) is 9.64. The molecule has 0 aromatic heterocycles. The van der Waals surface area contributed by atoms with Crippen LogP contribution in [0, 0.1) is 5.82 Å². The van der Waals surface area contributed by atoms with Crippen molar-refractivity contribution in [2.45, 2.75) is 11.5 Å². The number of fused-ring (bicyclic) bond motifs is 1. The third kappa shape index (κ3) is 1.50. The zero-order valence-electron chi connectivity index (χ0n) is 6.55. The fourth-order valence-electron chi connectivity index (χ4n) is 1.43. The van der Waals surface area contributed by atoms with Gasteiger partial charge in [-0.05, 0) is 27.6 Å². The molecule has 2 rings (SSSR count). The third-order valence-corrected chi connectivity index (χ3v) is 4.12. The molecule has 1 aromatic rings. The van der Waals surface area contributed by atoms with Crippen LogP contribution in [-0.4, -0.2) is 8.42 Å². The molecule has 1 aliphatic rings. The van der Waals surface area contributed by atoms with Crippen LogP contribution in [0.4, 0.5) is 4.39 Å². The summed E-state index contributed by atoms with van der Waals surface area (Å²) in [6.45, 7) is 0. The van der Waals surface area contributed by atoms with Gasteiger partial charge in [-0.3, -0.25) is 0 Å². The molecule has 13 heavy (non-hydrogen) atoms. The Balaban J connectivity index is 2.65. The molecule has 5 heteroatoms. The summed E-state index contributed by atoms with van der Waals surface area (Å²) in [6.07, 6.45) is 0. The van der Waals surface area contributed by atoms with E-state index in [1.165, 1.54) is 6.07 Å². The highest BCUT2D eigenvalue weighted by Crippen LogP contribution is 2.30. The molecule has 1 aromatic carbocycles. The average Bonchev–Trinajstić information content (AvgIpc) is 2.34. The fraction of sp³-hybridized carbons (Fsp3) is 0.250. The van der Waals surface area contributed by atoms with E-state index >= 15 is 0 Å². The van der Waals surface area contributed by atoms with Crippen LogP contribution in [0.15, 0.2) is 16.6 Å². The van der Waals surface area contributed by atoms with Gasteiger partial charge in [0, 0.05) is 5.56 Å². The van der Waals surface area contributed by atoms with Crippen molar-refractivity contribution in [2.75, 3.05) is 0 Å². The van der Waals surface area contributed by atoms with Crippen molar-refractivity contribution >= 4 is 25.8 Å². The molecule has 0 unspecified atom stereocenters. The van der Waals surface area contributed by atoms with Crippen LogP contribution in [0.3, 0.4) is 0 Å². The molecule has 0 bridgehead atoms. The predicted molar refractivity (Wildman–Crippen MR) is 50.4 cm³/mol. The van der Waals surface area contributed by atoms with Gasteiger partial charge in [0.25, 0.3) is 0 Å². The second-order valence-electron chi connectivity index (χ2n) is 3.03. The standard InChI is InChI=1S/C8H6BrFO2S/c9-7-2-1-5-3-13(11,12)4-6(5)8(7)10/h1-2H,3-4H2. The largest absolute Gasteiger partial charge is 0.228 e. The maximum absolute atomic E-state index is 13.3. The number of rotatable bonds is 0. The van der Waals surface area contributed by atoms with Crippen molar-refractivity contribution < 1.29 is 12.8 Å². The monoisotopic (exact) mass is 264 g/mol. The van der Waals surface area contributed by atoms with Crippen molar-refractivity contribution in [2.24, 2.45) is 0 Å².